The van der Waals surface area contributed by atoms with Crippen LogP contribution in [0.3, 0.4) is 0 Å². The Labute approximate surface area is 191 Å². The van der Waals surface area contributed by atoms with Crippen molar-refractivity contribution in [2.24, 2.45) is 5.92 Å². The number of fused-ring (bicyclic) bond motifs is 1. The summed E-state index contributed by atoms with van der Waals surface area (Å²) in [6.45, 7) is 0. The van der Waals surface area contributed by atoms with Gasteiger partial charge in [0.25, 0.3) is 5.91 Å². The van der Waals surface area contributed by atoms with Gasteiger partial charge in [-0.15, -0.1) is 0 Å². The van der Waals surface area contributed by atoms with Crippen molar-refractivity contribution < 1.29 is 14.4 Å². The Kier molecular flexibility index (Phi) is 5.12. The van der Waals surface area contributed by atoms with E-state index in [1.165, 1.54) is 4.90 Å². The van der Waals surface area contributed by atoms with Gasteiger partial charge in [-0.25, -0.2) is 9.96 Å². The lowest BCUT2D eigenvalue weighted by Gasteiger charge is -2.29. The number of benzene rings is 3. The van der Waals surface area contributed by atoms with E-state index in [-0.39, 0.29) is 11.8 Å². The van der Waals surface area contributed by atoms with Crippen molar-refractivity contribution in [3.8, 4) is 0 Å². The van der Waals surface area contributed by atoms with E-state index in [2.05, 4.69) is 0 Å². The standard InChI is InChI=1S/C25H22ClN3O3/c1-27(2)18-12-8-16(9-13-18)22-21-23(32-29(22)20-6-4-3-5-7-20)25(31)28(24(21)30)19-14-10-17(26)11-15-19/h3-15,21-23H,1-2H3/t21-,22-,23-/m1/s1. The Balaban J connectivity index is 1.56. The molecule has 0 spiro atoms. The molecular weight excluding hydrogens is 426 g/mol. The van der Waals surface area contributed by atoms with E-state index in [0.717, 1.165) is 16.9 Å². The zero-order valence-corrected chi connectivity index (χ0v) is 18.4. The highest BCUT2D eigenvalue weighted by molar-refractivity contribution is 6.31. The third-order valence-electron chi connectivity index (χ3n) is 5.96. The number of carbonyl (C=O) groups is 2. The quantitative estimate of drug-likeness (QED) is 0.553. The number of para-hydroxylation sites is 1. The number of nitrogens with zero attached hydrogens (tertiary/aromatic N) is 3. The molecule has 0 saturated carbocycles. The summed E-state index contributed by atoms with van der Waals surface area (Å²) in [5.41, 5.74) is 3.25. The molecule has 2 saturated heterocycles. The van der Waals surface area contributed by atoms with Gasteiger partial charge in [0.05, 0.1) is 17.4 Å². The Morgan fingerprint density at radius 2 is 1.47 bits per heavy atom. The van der Waals surface area contributed by atoms with Crippen molar-refractivity contribution in [2.75, 3.05) is 29.0 Å². The van der Waals surface area contributed by atoms with Crippen LogP contribution in [0, 0.1) is 5.92 Å². The van der Waals surface area contributed by atoms with Crippen molar-refractivity contribution in [2.45, 2.75) is 12.1 Å². The molecule has 0 bridgehead atoms. The first kappa shape index (κ1) is 20.5. The molecule has 0 aliphatic carbocycles. The largest absolute Gasteiger partial charge is 0.378 e. The maximum atomic E-state index is 13.6. The monoisotopic (exact) mass is 447 g/mol. The first-order valence-corrected chi connectivity index (χ1v) is 10.8. The Hall–Kier alpha value is -3.35. The topological polar surface area (TPSA) is 53.1 Å². The van der Waals surface area contributed by atoms with E-state index in [1.807, 2.05) is 73.6 Å². The molecule has 32 heavy (non-hydrogen) atoms. The number of rotatable bonds is 4. The number of imide groups is 1. The van der Waals surface area contributed by atoms with Gasteiger partial charge in [-0.05, 0) is 54.1 Å². The lowest BCUT2D eigenvalue weighted by atomic mass is 9.90. The van der Waals surface area contributed by atoms with Crippen molar-refractivity contribution >= 4 is 40.5 Å². The molecule has 2 fully saturated rings. The smallest absolute Gasteiger partial charge is 0.266 e. The predicted molar refractivity (Wildman–Crippen MR) is 125 cm³/mol. The minimum atomic E-state index is -0.892. The van der Waals surface area contributed by atoms with Gasteiger partial charge in [0.2, 0.25) is 5.91 Å². The SMILES string of the molecule is CN(C)c1ccc([C@@H]2[C@H]3C(=O)N(c4ccc(Cl)cc4)C(=O)[C@@H]3ON2c2ccccc2)cc1. The van der Waals surface area contributed by atoms with E-state index >= 15 is 0 Å². The molecule has 2 amide bonds. The van der Waals surface area contributed by atoms with E-state index in [4.69, 9.17) is 16.4 Å². The third-order valence-corrected chi connectivity index (χ3v) is 6.21. The van der Waals surface area contributed by atoms with E-state index in [9.17, 15) is 9.59 Å². The fourth-order valence-corrected chi connectivity index (χ4v) is 4.49. The highest BCUT2D eigenvalue weighted by Crippen LogP contribution is 2.47. The maximum Gasteiger partial charge on any atom is 0.266 e. The molecule has 0 unspecified atom stereocenters. The summed E-state index contributed by atoms with van der Waals surface area (Å²) in [6, 6.07) is 23.8. The van der Waals surface area contributed by atoms with Gasteiger partial charge in [0.1, 0.15) is 5.92 Å². The maximum absolute atomic E-state index is 13.6. The van der Waals surface area contributed by atoms with Crippen LogP contribution in [-0.4, -0.2) is 32.0 Å². The number of carbonyl (C=O) groups excluding carboxylic acids is 2. The van der Waals surface area contributed by atoms with Crippen LogP contribution in [0.1, 0.15) is 11.6 Å². The first-order chi connectivity index (χ1) is 15.5. The molecule has 3 aromatic rings. The highest BCUT2D eigenvalue weighted by Gasteiger charge is 2.60. The molecule has 3 atom stereocenters. The molecule has 2 heterocycles. The number of amides is 2. The minimum absolute atomic E-state index is 0.276. The normalized spacial score (nSPS) is 22.4. The lowest BCUT2D eigenvalue weighted by molar-refractivity contribution is -0.126. The van der Waals surface area contributed by atoms with Gasteiger partial charge < -0.3 is 4.90 Å². The summed E-state index contributed by atoms with van der Waals surface area (Å²) in [7, 11) is 3.95. The fraction of sp³-hybridized carbons (Fsp3) is 0.200. The van der Waals surface area contributed by atoms with Crippen LogP contribution in [0.4, 0.5) is 17.1 Å². The lowest BCUT2D eigenvalue weighted by Crippen LogP contribution is -2.37. The second-order valence-electron chi connectivity index (χ2n) is 8.13. The van der Waals surface area contributed by atoms with Gasteiger partial charge in [-0.3, -0.25) is 14.4 Å². The van der Waals surface area contributed by atoms with Crippen LogP contribution in [-0.2, 0) is 14.4 Å². The molecule has 7 heteroatoms. The van der Waals surface area contributed by atoms with Gasteiger partial charge in [0, 0.05) is 24.8 Å². The van der Waals surface area contributed by atoms with Gasteiger partial charge in [-0.2, -0.15) is 0 Å². The molecule has 0 N–H and O–H groups in total. The number of anilines is 3. The molecule has 3 aromatic carbocycles. The zero-order valence-electron chi connectivity index (χ0n) is 17.7. The average molecular weight is 448 g/mol. The summed E-state index contributed by atoms with van der Waals surface area (Å²) in [5, 5.41) is 2.24. The third kappa shape index (κ3) is 3.32. The van der Waals surface area contributed by atoms with Crippen LogP contribution in [0.15, 0.2) is 78.9 Å². The first-order valence-electron chi connectivity index (χ1n) is 10.4. The second-order valence-corrected chi connectivity index (χ2v) is 8.57. The molecular formula is C25H22ClN3O3. The van der Waals surface area contributed by atoms with Crippen LogP contribution in [0.5, 0.6) is 0 Å². The fourth-order valence-electron chi connectivity index (χ4n) is 4.37. The molecule has 2 aliphatic heterocycles. The zero-order chi connectivity index (χ0) is 22.4. The van der Waals surface area contributed by atoms with Gasteiger partial charge in [0.15, 0.2) is 6.10 Å². The summed E-state index contributed by atoms with van der Waals surface area (Å²) in [5.74, 6) is -1.30. The van der Waals surface area contributed by atoms with E-state index in [1.54, 1.807) is 29.3 Å². The summed E-state index contributed by atoms with van der Waals surface area (Å²) in [6.07, 6.45) is -0.892. The van der Waals surface area contributed by atoms with Crippen molar-refractivity contribution in [1.82, 2.24) is 0 Å². The van der Waals surface area contributed by atoms with Crippen LogP contribution >= 0.6 is 11.6 Å². The van der Waals surface area contributed by atoms with Gasteiger partial charge >= 0.3 is 0 Å². The number of hydrogen-bond acceptors (Lipinski definition) is 5. The van der Waals surface area contributed by atoms with Crippen molar-refractivity contribution in [1.29, 1.82) is 0 Å². The summed E-state index contributed by atoms with van der Waals surface area (Å²) in [4.78, 5) is 36.3. The number of halogens is 1. The minimum Gasteiger partial charge on any atom is -0.378 e. The summed E-state index contributed by atoms with van der Waals surface area (Å²) < 4.78 is 0. The van der Waals surface area contributed by atoms with Crippen molar-refractivity contribution in [3.05, 3.63) is 89.4 Å². The molecule has 2 aliphatic rings. The van der Waals surface area contributed by atoms with Crippen LogP contribution in [0.25, 0.3) is 0 Å². The highest BCUT2D eigenvalue weighted by atomic mass is 35.5. The van der Waals surface area contributed by atoms with E-state index in [0.29, 0.717) is 10.7 Å². The second kappa shape index (κ2) is 7.97. The number of hydroxylamine groups is 1. The Bertz CT molecular complexity index is 1150. The van der Waals surface area contributed by atoms with Crippen LogP contribution < -0.4 is 14.9 Å². The van der Waals surface area contributed by atoms with E-state index < -0.39 is 18.1 Å². The summed E-state index contributed by atoms with van der Waals surface area (Å²) >= 11 is 5.99. The van der Waals surface area contributed by atoms with Crippen LogP contribution in [0.2, 0.25) is 5.02 Å². The van der Waals surface area contributed by atoms with Crippen molar-refractivity contribution in [3.63, 3.8) is 0 Å². The molecule has 162 valence electrons. The number of hydrogen-bond donors (Lipinski definition) is 0. The van der Waals surface area contributed by atoms with Gasteiger partial charge in [-0.1, -0.05) is 41.9 Å². The Morgan fingerprint density at radius 3 is 2.09 bits per heavy atom. The molecule has 0 aromatic heterocycles. The predicted octanol–water partition coefficient (Wildman–Crippen LogP) is 4.46. The Morgan fingerprint density at radius 1 is 0.812 bits per heavy atom. The molecule has 0 radical (unpaired) electrons. The molecule has 5 rings (SSSR count). The average Bonchev–Trinajstić information content (AvgIpc) is 3.31. The molecule has 6 nitrogen and oxygen atoms in total.